The third kappa shape index (κ3) is 2.74. The Morgan fingerprint density at radius 2 is 2.20 bits per heavy atom. The highest BCUT2D eigenvalue weighted by Crippen LogP contribution is 2.26. The van der Waals surface area contributed by atoms with Gasteiger partial charge in [0, 0.05) is 18.8 Å². The van der Waals surface area contributed by atoms with E-state index < -0.39 is 33.7 Å². The molecule has 0 saturated carbocycles. The number of carbonyl (C=O) groups excluding carboxylic acids is 1. The molecule has 1 aromatic rings. The van der Waals surface area contributed by atoms with E-state index in [2.05, 4.69) is 0 Å². The smallest absolute Gasteiger partial charge is 0.308 e. The molecule has 8 heteroatoms. The first-order chi connectivity index (χ1) is 9.41. The van der Waals surface area contributed by atoms with Crippen LogP contribution in [0.25, 0.3) is 0 Å². The Kier molecular flexibility index (Phi) is 4.22. The highest BCUT2D eigenvalue weighted by atomic mass is 32.2. The number of carbonyl (C=O) groups is 1. The van der Waals surface area contributed by atoms with Crippen molar-refractivity contribution in [3.05, 3.63) is 39.4 Å². The van der Waals surface area contributed by atoms with Crippen LogP contribution in [0.5, 0.6) is 0 Å². The van der Waals surface area contributed by atoms with Crippen LogP contribution in [0.1, 0.15) is 16.8 Å². The quantitative estimate of drug-likeness (QED) is 0.635. The summed E-state index contributed by atoms with van der Waals surface area (Å²) in [6.07, 6.45) is 0.770. The van der Waals surface area contributed by atoms with E-state index in [0.717, 1.165) is 17.9 Å². The number of nitro groups is 1. The van der Waals surface area contributed by atoms with Gasteiger partial charge in [-0.3, -0.25) is 14.9 Å². The summed E-state index contributed by atoms with van der Waals surface area (Å²) in [7, 11) is 1.50. The molecule has 1 aliphatic rings. The number of nitro benzene ring substituents is 1. The normalized spacial score (nSPS) is 18.1. The molecule has 5 nitrogen and oxygen atoms in total. The molecule has 1 fully saturated rings. The molecule has 1 aliphatic heterocycles. The van der Waals surface area contributed by atoms with Crippen molar-refractivity contribution in [1.29, 1.82) is 0 Å². The Morgan fingerprint density at radius 3 is 2.75 bits per heavy atom. The minimum absolute atomic E-state index is 0.0609. The Bertz CT molecular complexity index is 562. The average molecular weight is 302 g/mol. The van der Waals surface area contributed by atoms with Crippen molar-refractivity contribution < 1.29 is 18.5 Å². The third-order valence-corrected chi connectivity index (χ3v) is 4.36. The molecular formula is C12H12F2N2O3S. The molecule has 0 bridgehead atoms. The van der Waals surface area contributed by atoms with Gasteiger partial charge in [-0.05, 0) is 18.2 Å². The predicted octanol–water partition coefficient (Wildman–Crippen LogP) is 2.45. The molecule has 20 heavy (non-hydrogen) atoms. The third-order valence-electron chi connectivity index (χ3n) is 3.22. The van der Waals surface area contributed by atoms with Crippen molar-refractivity contribution in [2.45, 2.75) is 12.5 Å². The lowest BCUT2D eigenvalue weighted by Crippen LogP contribution is -2.37. The first-order valence-electron chi connectivity index (χ1n) is 5.90. The van der Waals surface area contributed by atoms with Gasteiger partial charge in [0.2, 0.25) is 5.82 Å². The Labute approximate surface area is 118 Å². The second-order valence-corrected chi connectivity index (χ2v) is 5.63. The topological polar surface area (TPSA) is 63.5 Å². The maximum atomic E-state index is 13.9. The summed E-state index contributed by atoms with van der Waals surface area (Å²) < 4.78 is 27.3. The first kappa shape index (κ1) is 14.7. The summed E-state index contributed by atoms with van der Waals surface area (Å²) in [6.45, 7) is 0. The largest absolute Gasteiger partial charge is 0.338 e. The number of hydrogen-bond acceptors (Lipinski definition) is 4. The Hall–Kier alpha value is -1.70. The molecule has 2 rings (SSSR count). The summed E-state index contributed by atoms with van der Waals surface area (Å²) >= 11 is 1.67. The van der Waals surface area contributed by atoms with Gasteiger partial charge < -0.3 is 4.90 Å². The minimum atomic E-state index is -1.29. The Morgan fingerprint density at radius 1 is 1.50 bits per heavy atom. The van der Waals surface area contributed by atoms with E-state index in [1.54, 1.807) is 11.8 Å². The van der Waals surface area contributed by atoms with E-state index in [0.29, 0.717) is 12.1 Å². The molecule has 0 spiro atoms. The van der Waals surface area contributed by atoms with Gasteiger partial charge in [0.15, 0.2) is 0 Å². The SMILES string of the molecule is CN(C(=O)c1cc(F)cc([N+](=O)[O-])c1F)C1CCSC1. The van der Waals surface area contributed by atoms with Crippen LogP contribution < -0.4 is 0 Å². The number of nitrogens with zero attached hydrogens (tertiary/aromatic N) is 2. The highest BCUT2D eigenvalue weighted by Gasteiger charge is 2.30. The molecule has 1 aromatic carbocycles. The zero-order valence-corrected chi connectivity index (χ0v) is 11.5. The summed E-state index contributed by atoms with van der Waals surface area (Å²) in [4.78, 5) is 23.1. The molecule has 0 aromatic heterocycles. The number of halogens is 2. The first-order valence-corrected chi connectivity index (χ1v) is 7.05. The van der Waals surface area contributed by atoms with Gasteiger partial charge >= 0.3 is 5.69 Å². The number of rotatable bonds is 3. The molecule has 1 saturated heterocycles. The number of benzene rings is 1. The van der Waals surface area contributed by atoms with Gasteiger partial charge in [-0.15, -0.1) is 0 Å². The minimum Gasteiger partial charge on any atom is -0.338 e. The van der Waals surface area contributed by atoms with Crippen molar-refractivity contribution in [3.8, 4) is 0 Å². The molecule has 108 valence electrons. The monoisotopic (exact) mass is 302 g/mol. The predicted molar refractivity (Wildman–Crippen MR) is 70.8 cm³/mol. The van der Waals surface area contributed by atoms with Crippen LogP contribution in [0, 0.1) is 21.7 Å². The molecule has 1 unspecified atom stereocenters. The second kappa shape index (κ2) is 5.74. The van der Waals surface area contributed by atoms with E-state index in [4.69, 9.17) is 0 Å². The molecule has 0 radical (unpaired) electrons. The number of amides is 1. The van der Waals surface area contributed by atoms with E-state index in [1.165, 1.54) is 11.9 Å². The maximum absolute atomic E-state index is 13.9. The summed E-state index contributed by atoms with van der Waals surface area (Å²) in [5.74, 6) is -1.41. The molecule has 1 amide bonds. The van der Waals surface area contributed by atoms with E-state index in [1.807, 2.05) is 0 Å². The van der Waals surface area contributed by atoms with Crippen LogP contribution in [0.2, 0.25) is 0 Å². The molecular weight excluding hydrogens is 290 g/mol. The van der Waals surface area contributed by atoms with E-state index in [-0.39, 0.29) is 6.04 Å². The summed E-state index contributed by atoms with van der Waals surface area (Å²) in [6, 6.07) is 1.11. The van der Waals surface area contributed by atoms with Gasteiger partial charge in [0.1, 0.15) is 5.82 Å². The Balaban J connectivity index is 2.36. The van der Waals surface area contributed by atoms with Crippen LogP contribution in [0.4, 0.5) is 14.5 Å². The fourth-order valence-electron chi connectivity index (χ4n) is 2.05. The number of thioether (sulfide) groups is 1. The lowest BCUT2D eigenvalue weighted by Gasteiger charge is -2.23. The fraction of sp³-hybridized carbons (Fsp3) is 0.417. The van der Waals surface area contributed by atoms with Crippen LogP contribution in [-0.2, 0) is 0 Å². The highest BCUT2D eigenvalue weighted by molar-refractivity contribution is 7.99. The number of hydrogen-bond donors (Lipinski definition) is 0. The van der Waals surface area contributed by atoms with Gasteiger partial charge in [-0.2, -0.15) is 16.2 Å². The zero-order chi connectivity index (χ0) is 14.9. The van der Waals surface area contributed by atoms with Gasteiger partial charge in [0.05, 0.1) is 16.6 Å². The average Bonchev–Trinajstić information content (AvgIpc) is 2.93. The van der Waals surface area contributed by atoms with Gasteiger partial charge in [-0.25, -0.2) is 4.39 Å². The van der Waals surface area contributed by atoms with Crippen molar-refractivity contribution in [2.75, 3.05) is 18.6 Å². The van der Waals surface area contributed by atoms with E-state index >= 15 is 0 Å². The van der Waals surface area contributed by atoms with Crippen LogP contribution >= 0.6 is 11.8 Å². The van der Waals surface area contributed by atoms with Crippen LogP contribution in [-0.4, -0.2) is 40.3 Å². The van der Waals surface area contributed by atoms with Crippen LogP contribution in [0.15, 0.2) is 12.1 Å². The second-order valence-electron chi connectivity index (χ2n) is 4.48. The standard InChI is InChI=1S/C12H12F2N2O3S/c1-15(8-2-3-20-6-8)12(17)9-4-7(13)5-10(11(9)14)16(18)19/h4-5,8H,2-3,6H2,1H3. The molecule has 0 N–H and O–H groups in total. The molecule has 0 aliphatic carbocycles. The van der Waals surface area contributed by atoms with Crippen molar-refractivity contribution >= 4 is 23.4 Å². The lowest BCUT2D eigenvalue weighted by molar-refractivity contribution is -0.387. The zero-order valence-electron chi connectivity index (χ0n) is 10.6. The lowest BCUT2D eigenvalue weighted by atomic mass is 10.1. The van der Waals surface area contributed by atoms with Gasteiger partial charge in [-0.1, -0.05) is 0 Å². The molecule has 1 atom stereocenters. The molecule has 1 heterocycles. The summed E-state index contributed by atoms with van der Waals surface area (Å²) in [5.41, 5.74) is -1.63. The van der Waals surface area contributed by atoms with Crippen LogP contribution in [0.3, 0.4) is 0 Å². The van der Waals surface area contributed by atoms with Crippen molar-refractivity contribution in [1.82, 2.24) is 4.90 Å². The van der Waals surface area contributed by atoms with Gasteiger partial charge in [0.25, 0.3) is 5.91 Å². The van der Waals surface area contributed by atoms with Crippen molar-refractivity contribution in [3.63, 3.8) is 0 Å². The fourth-order valence-corrected chi connectivity index (χ4v) is 3.31. The maximum Gasteiger partial charge on any atom is 0.308 e. The van der Waals surface area contributed by atoms with Crippen molar-refractivity contribution in [2.24, 2.45) is 0 Å². The van der Waals surface area contributed by atoms with E-state index in [9.17, 15) is 23.7 Å². The summed E-state index contributed by atoms with van der Waals surface area (Å²) in [5, 5.41) is 10.6.